The highest BCUT2D eigenvalue weighted by Crippen LogP contribution is 2.25. The van der Waals surface area contributed by atoms with Crippen LogP contribution >= 0.6 is 11.3 Å². The molecule has 0 aliphatic carbocycles. The molecule has 3 N–H and O–H groups in total. The van der Waals surface area contributed by atoms with Crippen molar-refractivity contribution in [3.05, 3.63) is 39.3 Å². The molecule has 0 fully saturated rings. The molecule has 0 aliphatic rings. The van der Waals surface area contributed by atoms with Gasteiger partial charge in [0, 0.05) is 11.1 Å². The smallest absolute Gasteiger partial charge is 0.243 e. The van der Waals surface area contributed by atoms with Crippen LogP contribution in [-0.4, -0.2) is 13.4 Å². The van der Waals surface area contributed by atoms with Crippen LogP contribution < -0.4 is 10.5 Å². The Balaban J connectivity index is 2.25. The summed E-state index contributed by atoms with van der Waals surface area (Å²) in [5.41, 5.74) is 7.67. The summed E-state index contributed by atoms with van der Waals surface area (Å²) in [7, 11) is -3.65. The van der Waals surface area contributed by atoms with Crippen molar-refractivity contribution in [2.24, 2.45) is 0 Å². The van der Waals surface area contributed by atoms with Crippen LogP contribution in [0.5, 0.6) is 0 Å². The van der Waals surface area contributed by atoms with Gasteiger partial charge < -0.3 is 5.73 Å². The van der Waals surface area contributed by atoms with E-state index in [1.54, 1.807) is 19.2 Å². The number of aryl methyl sites for hydroxylation is 2. The average Bonchev–Trinajstić information content (AvgIpc) is 2.89. The molecule has 0 atom stereocenters. The molecule has 1 aromatic carbocycles. The van der Waals surface area contributed by atoms with Crippen LogP contribution in [0, 0.1) is 13.8 Å². The number of hydrogen-bond acceptors (Lipinski definition) is 5. The van der Waals surface area contributed by atoms with Gasteiger partial charge in [-0.3, -0.25) is 0 Å². The number of nitrogens with zero attached hydrogens (tertiary/aromatic N) is 1. The van der Waals surface area contributed by atoms with Gasteiger partial charge in [0.05, 0.1) is 12.2 Å². The first kappa shape index (κ1) is 15.9. The van der Waals surface area contributed by atoms with Gasteiger partial charge in [-0.15, -0.1) is 11.3 Å². The highest BCUT2D eigenvalue weighted by atomic mass is 32.2. The van der Waals surface area contributed by atoms with Gasteiger partial charge in [-0.05, 0) is 37.5 Å². The van der Waals surface area contributed by atoms with E-state index in [0.717, 1.165) is 21.9 Å². The Bertz CT molecular complexity index is 752. The van der Waals surface area contributed by atoms with E-state index in [9.17, 15) is 8.42 Å². The fourth-order valence-electron chi connectivity index (χ4n) is 1.99. The number of thiazole rings is 1. The van der Waals surface area contributed by atoms with Crippen molar-refractivity contribution in [1.82, 2.24) is 9.71 Å². The molecule has 0 unspecified atom stereocenters. The zero-order chi connectivity index (χ0) is 15.6. The summed E-state index contributed by atoms with van der Waals surface area (Å²) >= 11 is 1.51. The maximum absolute atomic E-state index is 12.5. The monoisotopic (exact) mass is 325 g/mol. The van der Waals surface area contributed by atoms with Gasteiger partial charge >= 0.3 is 0 Å². The predicted molar refractivity (Wildman–Crippen MR) is 85.8 cm³/mol. The lowest BCUT2D eigenvalue weighted by Crippen LogP contribution is -2.25. The number of nitrogen functional groups attached to an aromatic ring is 1. The summed E-state index contributed by atoms with van der Waals surface area (Å²) in [4.78, 5) is 5.50. The number of sulfonamides is 1. The molecule has 0 aliphatic heterocycles. The minimum Gasteiger partial charge on any atom is -0.398 e. The van der Waals surface area contributed by atoms with E-state index in [1.807, 2.05) is 19.9 Å². The Kier molecular flexibility index (Phi) is 4.65. The lowest BCUT2D eigenvalue weighted by molar-refractivity contribution is 0.581. The number of anilines is 1. The van der Waals surface area contributed by atoms with Crippen LogP contribution in [0.1, 0.15) is 27.9 Å². The van der Waals surface area contributed by atoms with E-state index < -0.39 is 10.0 Å². The zero-order valence-electron chi connectivity index (χ0n) is 12.3. The van der Waals surface area contributed by atoms with Crippen molar-refractivity contribution < 1.29 is 8.42 Å². The van der Waals surface area contributed by atoms with Crippen LogP contribution in [0.15, 0.2) is 23.2 Å². The summed E-state index contributed by atoms with van der Waals surface area (Å²) in [6.07, 6.45) is 2.68. The summed E-state index contributed by atoms with van der Waals surface area (Å²) in [6, 6.07) is 3.44. The van der Waals surface area contributed by atoms with Crippen molar-refractivity contribution in [3.63, 3.8) is 0 Å². The van der Waals surface area contributed by atoms with Crippen LogP contribution in [0.25, 0.3) is 0 Å². The minimum atomic E-state index is -3.65. The van der Waals surface area contributed by atoms with E-state index in [-0.39, 0.29) is 17.1 Å². The molecule has 21 heavy (non-hydrogen) atoms. The minimum absolute atomic E-state index is 0.162. The second kappa shape index (κ2) is 6.13. The molecule has 2 rings (SSSR count). The highest BCUT2D eigenvalue weighted by molar-refractivity contribution is 7.89. The third kappa shape index (κ3) is 3.42. The van der Waals surface area contributed by atoms with Gasteiger partial charge in [0.1, 0.15) is 9.90 Å². The second-order valence-corrected chi connectivity index (χ2v) is 7.73. The molecule has 1 aromatic heterocycles. The molecule has 1 heterocycles. The van der Waals surface area contributed by atoms with Crippen molar-refractivity contribution in [3.8, 4) is 0 Å². The lowest BCUT2D eigenvalue weighted by atomic mass is 10.1. The van der Waals surface area contributed by atoms with Gasteiger partial charge in [0.25, 0.3) is 0 Å². The highest BCUT2D eigenvalue weighted by Gasteiger charge is 2.21. The van der Waals surface area contributed by atoms with Gasteiger partial charge in [-0.1, -0.05) is 13.0 Å². The lowest BCUT2D eigenvalue weighted by Gasteiger charge is -2.13. The van der Waals surface area contributed by atoms with E-state index in [1.165, 1.54) is 11.3 Å². The van der Waals surface area contributed by atoms with E-state index in [2.05, 4.69) is 9.71 Å². The van der Waals surface area contributed by atoms with Crippen molar-refractivity contribution >= 4 is 27.0 Å². The number of rotatable bonds is 5. The third-order valence-electron chi connectivity index (χ3n) is 3.34. The maximum Gasteiger partial charge on any atom is 0.243 e. The molecule has 114 valence electrons. The van der Waals surface area contributed by atoms with Crippen LogP contribution in [0.3, 0.4) is 0 Å². The molecule has 0 saturated carbocycles. The largest absolute Gasteiger partial charge is 0.398 e. The van der Waals surface area contributed by atoms with Gasteiger partial charge in [-0.2, -0.15) is 0 Å². The number of nitrogens with two attached hydrogens (primary N) is 1. The van der Waals surface area contributed by atoms with E-state index in [4.69, 9.17) is 5.73 Å². The summed E-state index contributed by atoms with van der Waals surface area (Å²) in [5.74, 6) is 0. The zero-order valence-corrected chi connectivity index (χ0v) is 13.9. The van der Waals surface area contributed by atoms with Crippen molar-refractivity contribution in [1.29, 1.82) is 0 Å². The normalized spacial score (nSPS) is 11.8. The number of hydrogen-bond donors (Lipinski definition) is 2. The molecular weight excluding hydrogens is 306 g/mol. The first-order chi connectivity index (χ1) is 9.85. The standard InChI is InChI=1S/C14H19N3O2S2/c1-4-11-7-16-13(20-11)8-17-21(18,19)14-10(3)9(2)5-6-12(14)15/h5-7,17H,4,8,15H2,1-3H3. The SMILES string of the molecule is CCc1cnc(CNS(=O)(=O)c2c(N)ccc(C)c2C)s1. The number of nitrogens with one attached hydrogen (secondary N) is 1. The fraction of sp³-hybridized carbons (Fsp3) is 0.357. The quantitative estimate of drug-likeness (QED) is 0.827. The number of aromatic nitrogens is 1. The summed E-state index contributed by atoms with van der Waals surface area (Å²) in [5, 5.41) is 0.749. The Morgan fingerprint density at radius 1 is 1.33 bits per heavy atom. The first-order valence-corrected chi connectivity index (χ1v) is 8.94. The predicted octanol–water partition coefficient (Wildman–Crippen LogP) is 2.38. The third-order valence-corrected chi connectivity index (χ3v) is 6.08. The Labute approximate surface area is 129 Å². The molecule has 0 saturated heterocycles. The molecular formula is C14H19N3O2S2. The van der Waals surface area contributed by atoms with Gasteiger partial charge in [0.15, 0.2) is 0 Å². The van der Waals surface area contributed by atoms with E-state index >= 15 is 0 Å². The van der Waals surface area contributed by atoms with Gasteiger partial charge in [-0.25, -0.2) is 18.1 Å². The number of benzene rings is 1. The molecule has 5 nitrogen and oxygen atoms in total. The van der Waals surface area contributed by atoms with E-state index in [0.29, 0.717) is 5.56 Å². The molecule has 0 spiro atoms. The van der Waals surface area contributed by atoms with Crippen LogP contribution in [0.4, 0.5) is 5.69 Å². The van der Waals surface area contributed by atoms with Crippen LogP contribution in [0.2, 0.25) is 0 Å². The summed E-state index contributed by atoms with van der Waals surface area (Å²) in [6.45, 7) is 5.85. The topological polar surface area (TPSA) is 85.1 Å². The van der Waals surface area contributed by atoms with Crippen molar-refractivity contribution in [2.45, 2.75) is 38.6 Å². The Morgan fingerprint density at radius 3 is 2.67 bits per heavy atom. The van der Waals surface area contributed by atoms with Crippen LogP contribution in [-0.2, 0) is 23.0 Å². The van der Waals surface area contributed by atoms with Gasteiger partial charge in [0.2, 0.25) is 10.0 Å². The fourth-order valence-corrected chi connectivity index (χ4v) is 4.30. The Hall–Kier alpha value is -1.44. The molecule has 0 bridgehead atoms. The molecule has 0 radical (unpaired) electrons. The second-order valence-electron chi connectivity index (χ2n) is 4.82. The molecule has 7 heteroatoms. The van der Waals surface area contributed by atoms with Crippen molar-refractivity contribution in [2.75, 3.05) is 5.73 Å². The molecule has 2 aromatic rings. The average molecular weight is 325 g/mol. The summed E-state index contributed by atoms with van der Waals surface area (Å²) < 4.78 is 27.5. The maximum atomic E-state index is 12.5. The Morgan fingerprint density at radius 2 is 2.05 bits per heavy atom. The molecule has 0 amide bonds. The first-order valence-electron chi connectivity index (χ1n) is 6.64.